The standard InChI is InChI=1S/C12H16N4OS/c1-4-8-5-9-11(13-6-10(17)16(2)3)14-7-15-12(9)18-8/h5,7H,4,6H2,1-3H3,(H,13,14,15). The molecule has 0 fully saturated rings. The summed E-state index contributed by atoms with van der Waals surface area (Å²) in [5.74, 6) is 0.749. The molecule has 0 spiro atoms. The first-order chi connectivity index (χ1) is 8.61. The highest BCUT2D eigenvalue weighted by atomic mass is 32.1. The summed E-state index contributed by atoms with van der Waals surface area (Å²) < 4.78 is 0. The van der Waals surface area contributed by atoms with Gasteiger partial charge in [0.25, 0.3) is 0 Å². The molecule has 0 radical (unpaired) electrons. The van der Waals surface area contributed by atoms with E-state index in [0.717, 1.165) is 22.5 Å². The monoisotopic (exact) mass is 264 g/mol. The van der Waals surface area contributed by atoms with E-state index in [4.69, 9.17) is 0 Å². The highest BCUT2D eigenvalue weighted by Crippen LogP contribution is 2.28. The van der Waals surface area contributed by atoms with E-state index in [1.165, 1.54) is 11.2 Å². The number of nitrogens with one attached hydrogen (secondary N) is 1. The van der Waals surface area contributed by atoms with Crippen LogP contribution in [0.25, 0.3) is 10.2 Å². The van der Waals surface area contributed by atoms with Crippen molar-refractivity contribution >= 4 is 33.3 Å². The van der Waals surface area contributed by atoms with Gasteiger partial charge in [-0.3, -0.25) is 4.79 Å². The molecule has 96 valence electrons. The Morgan fingerprint density at radius 3 is 2.89 bits per heavy atom. The number of likely N-dealkylation sites (N-methyl/N-ethyl adjacent to an activating group) is 1. The lowest BCUT2D eigenvalue weighted by molar-refractivity contribution is -0.126. The molecule has 2 aromatic heterocycles. The quantitative estimate of drug-likeness (QED) is 0.914. The van der Waals surface area contributed by atoms with E-state index in [1.54, 1.807) is 30.3 Å². The minimum atomic E-state index is 0.0210. The van der Waals surface area contributed by atoms with Crippen LogP contribution in [0.2, 0.25) is 0 Å². The smallest absolute Gasteiger partial charge is 0.241 e. The molecule has 1 N–H and O–H groups in total. The fourth-order valence-corrected chi connectivity index (χ4v) is 2.47. The molecule has 2 rings (SSSR count). The second-order valence-electron chi connectivity index (χ2n) is 4.15. The number of fused-ring (bicyclic) bond motifs is 1. The van der Waals surface area contributed by atoms with E-state index in [1.807, 2.05) is 0 Å². The molecule has 0 saturated carbocycles. The summed E-state index contributed by atoms with van der Waals surface area (Å²) in [7, 11) is 3.47. The third kappa shape index (κ3) is 2.59. The van der Waals surface area contributed by atoms with Gasteiger partial charge in [-0.1, -0.05) is 6.92 Å². The average molecular weight is 264 g/mol. The Morgan fingerprint density at radius 1 is 1.44 bits per heavy atom. The summed E-state index contributed by atoms with van der Waals surface area (Å²) in [4.78, 5) is 23.8. The molecular weight excluding hydrogens is 248 g/mol. The number of aromatic nitrogens is 2. The van der Waals surface area contributed by atoms with Gasteiger partial charge in [0.05, 0.1) is 11.9 Å². The molecule has 0 aliphatic rings. The summed E-state index contributed by atoms with van der Waals surface area (Å²) in [6.07, 6.45) is 2.51. The first-order valence-electron chi connectivity index (χ1n) is 5.79. The van der Waals surface area contributed by atoms with Gasteiger partial charge >= 0.3 is 0 Å². The number of hydrogen-bond acceptors (Lipinski definition) is 5. The van der Waals surface area contributed by atoms with E-state index in [9.17, 15) is 4.79 Å². The zero-order chi connectivity index (χ0) is 13.1. The van der Waals surface area contributed by atoms with Gasteiger partial charge in [0.2, 0.25) is 5.91 Å². The zero-order valence-corrected chi connectivity index (χ0v) is 11.5. The lowest BCUT2D eigenvalue weighted by Crippen LogP contribution is -2.28. The van der Waals surface area contributed by atoms with Gasteiger partial charge in [0.1, 0.15) is 17.0 Å². The van der Waals surface area contributed by atoms with Crippen LogP contribution in [0.1, 0.15) is 11.8 Å². The average Bonchev–Trinajstić information content (AvgIpc) is 2.79. The van der Waals surface area contributed by atoms with Crippen molar-refractivity contribution in [2.45, 2.75) is 13.3 Å². The summed E-state index contributed by atoms with van der Waals surface area (Å²) >= 11 is 1.67. The topological polar surface area (TPSA) is 58.1 Å². The van der Waals surface area contributed by atoms with E-state index in [0.29, 0.717) is 0 Å². The second-order valence-corrected chi connectivity index (χ2v) is 5.26. The molecule has 0 bridgehead atoms. The number of thiophene rings is 1. The van der Waals surface area contributed by atoms with Gasteiger partial charge in [0.15, 0.2) is 0 Å². The van der Waals surface area contributed by atoms with Crippen molar-refractivity contribution in [2.75, 3.05) is 26.0 Å². The van der Waals surface area contributed by atoms with Crippen molar-refractivity contribution in [1.29, 1.82) is 0 Å². The predicted molar refractivity (Wildman–Crippen MR) is 74.0 cm³/mol. The third-order valence-corrected chi connectivity index (χ3v) is 3.82. The van der Waals surface area contributed by atoms with Crippen molar-refractivity contribution in [1.82, 2.24) is 14.9 Å². The third-order valence-electron chi connectivity index (χ3n) is 2.63. The number of nitrogens with zero attached hydrogens (tertiary/aromatic N) is 3. The maximum Gasteiger partial charge on any atom is 0.241 e. The maximum atomic E-state index is 11.5. The fourth-order valence-electron chi connectivity index (χ4n) is 1.54. The Balaban J connectivity index is 2.22. The molecule has 18 heavy (non-hydrogen) atoms. The fraction of sp³-hybridized carbons (Fsp3) is 0.417. The summed E-state index contributed by atoms with van der Waals surface area (Å²) in [5, 5.41) is 4.06. The molecule has 0 aliphatic carbocycles. The Kier molecular flexibility index (Phi) is 3.76. The van der Waals surface area contributed by atoms with Crippen LogP contribution in [0.5, 0.6) is 0 Å². The highest BCUT2D eigenvalue weighted by molar-refractivity contribution is 7.18. The van der Waals surface area contributed by atoms with Gasteiger partial charge in [-0.05, 0) is 12.5 Å². The SMILES string of the molecule is CCc1cc2c(NCC(=O)N(C)C)ncnc2s1. The van der Waals surface area contributed by atoms with Crippen LogP contribution < -0.4 is 5.32 Å². The normalized spacial score (nSPS) is 10.6. The number of carbonyl (C=O) groups excluding carboxylic acids is 1. The van der Waals surface area contributed by atoms with Crippen molar-refractivity contribution in [3.05, 3.63) is 17.3 Å². The van der Waals surface area contributed by atoms with Crippen LogP contribution in [0.4, 0.5) is 5.82 Å². The lowest BCUT2D eigenvalue weighted by atomic mass is 10.3. The largest absolute Gasteiger partial charge is 0.360 e. The minimum absolute atomic E-state index is 0.0210. The number of anilines is 1. The summed E-state index contributed by atoms with van der Waals surface area (Å²) in [6, 6.07) is 2.09. The van der Waals surface area contributed by atoms with Crippen molar-refractivity contribution in [2.24, 2.45) is 0 Å². The van der Waals surface area contributed by atoms with E-state index in [-0.39, 0.29) is 12.5 Å². The second kappa shape index (κ2) is 5.30. The molecular formula is C12H16N4OS. The molecule has 2 heterocycles. The number of amides is 1. The van der Waals surface area contributed by atoms with Crippen LogP contribution in [0, 0.1) is 0 Å². The van der Waals surface area contributed by atoms with Crippen molar-refractivity contribution < 1.29 is 4.79 Å². The molecule has 0 atom stereocenters. The zero-order valence-electron chi connectivity index (χ0n) is 10.7. The van der Waals surface area contributed by atoms with Crippen molar-refractivity contribution in [3.63, 3.8) is 0 Å². The van der Waals surface area contributed by atoms with Gasteiger partial charge < -0.3 is 10.2 Å². The number of carbonyl (C=O) groups is 1. The number of aryl methyl sites for hydroxylation is 1. The number of rotatable bonds is 4. The van der Waals surface area contributed by atoms with Crippen LogP contribution in [0.15, 0.2) is 12.4 Å². The van der Waals surface area contributed by atoms with E-state index >= 15 is 0 Å². The molecule has 5 nitrogen and oxygen atoms in total. The van der Waals surface area contributed by atoms with Crippen LogP contribution >= 0.6 is 11.3 Å². The lowest BCUT2D eigenvalue weighted by Gasteiger charge is -2.11. The van der Waals surface area contributed by atoms with Crippen LogP contribution in [-0.2, 0) is 11.2 Å². The molecule has 1 amide bonds. The van der Waals surface area contributed by atoms with Gasteiger partial charge in [-0.15, -0.1) is 11.3 Å². The predicted octanol–water partition coefficient (Wildman–Crippen LogP) is 1.75. The minimum Gasteiger partial charge on any atom is -0.360 e. The molecule has 0 aliphatic heterocycles. The Morgan fingerprint density at radius 2 is 2.22 bits per heavy atom. The Labute approximate surface area is 110 Å². The molecule has 2 aromatic rings. The van der Waals surface area contributed by atoms with Crippen LogP contribution in [-0.4, -0.2) is 41.4 Å². The summed E-state index contributed by atoms with van der Waals surface area (Å²) in [5.41, 5.74) is 0. The van der Waals surface area contributed by atoms with Crippen molar-refractivity contribution in [3.8, 4) is 0 Å². The Bertz CT molecular complexity index is 564. The molecule has 0 unspecified atom stereocenters. The highest BCUT2D eigenvalue weighted by Gasteiger charge is 2.09. The molecule has 0 aromatic carbocycles. The first-order valence-corrected chi connectivity index (χ1v) is 6.61. The van der Waals surface area contributed by atoms with Gasteiger partial charge in [-0.2, -0.15) is 0 Å². The molecule has 6 heteroatoms. The van der Waals surface area contributed by atoms with Gasteiger partial charge in [0, 0.05) is 19.0 Å². The van der Waals surface area contributed by atoms with E-state index < -0.39 is 0 Å². The van der Waals surface area contributed by atoms with Crippen LogP contribution in [0.3, 0.4) is 0 Å². The molecule has 0 saturated heterocycles. The maximum absolute atomic E-state index is 11.5. The Hall–Kier alpha value is -1.69. The van der Waals surface area contributed by atoms with E-state index in [2.05, 4.69) is 28.3 Å². The summed E-state index contributed by atoms with van der Waals surface area (Å²) in [6.45, 7) is 2.36. The number of hydrogen-bond donors (Lipinski definition) is 1. The van der Waals surface area contributed by atoms with Gasteiger partial charge in [-0.25, -0.2) is 9.97 Å². The first kappa shape index (κ1) is 12.8.